The van der Waals surface area contributed by atoms with Gasteiger partial charge in [0.05, 0.1) is 11.1 Å². The number of aromatic amines is 1. The van der Waals surface area contributed by atoms with E-state index in [9.17, 15) is 23.9 Å². The first-order chi connectivity index (χ1) is 20.4. The predicted octanol–water partition coefficient (Wildman–Crippen LogP) is 6.39. The van der Waals surface area contributed by atoms with Gasteiger partial charge in [-0.15, -0.1) is 0 Å². The molecule has 1 fully saturated rings. The smallest absolute Gasteiger partial charge is 0.410 e. The minimum Gasteiger partial charge on any atom is -0.478 e. The zero-order chi connectivity index (χ0) is 30.9. The fraction of sp³-hybridized carbons (Fsp3) is 0.303. The molecule has 1 aliphatic rings. The number of halogens is 1. The number of aromatic carboxylic acids is 1. The number of nitrogens with one attached hydrogen (secondary N) is 1. The van der Waals surface area contributed by atoms with E-state index in [1.807, 2.05) is 26.8 Å². The molecule has 2 N–H and O–H groups in total. The van der Waals surface area contributed by atoms with Gasteiger partial charge >= 0.3 is 12.1 Å². The molecule has 0 saturated carbocycles. The molecule has 0 radical (unpaired) electrons. The van der Waals surface area contributed by atoms with Crippen molar-refractivity contribution in [3.05, 3.63) is 94.4 Å². The van der Waals surface area contributed by atoms with Crippen LogP contribution in [0.3, 0.4) is 0 Å². The summed E-state index contributed by atoms with van der Waals surface area (Å²) in [5, 5.41) is 10.2. The number of hydrogen-bond acceptors (Lipinski definition) is 5. The number of carbonyl (C=O) groups is 3. The minimum absolute atomic E-state index is 0.172. The van der Waals surface area contributed by atoms with Crippen LogP contribution in [0.4, 0.5) is 9.18 Å². The van der Waals surface area contributed by atoms with E-state index in [-0.39, 0.29) is 11.5 Å². The number of hydrogen-bond donors (Lipinski definition) is 2. The summed E-state index contributed by atoms with van der Waals surface area (Å²) >= 11 is 0. The second-order valence-corrected chi connectivity index (χ2v) is 11.6. The molecule has 2 amide bonds. The van der Waals surface area contributed by atoms with Crippen molar-refractivity contribution in [1.82, 2.24) is 14.8 Å². The fourth-order valence-electron chi connectivity index (χ4n) is 5.07. The molecular weight excluding hydrogens is 553 g/mol. The number of carboxylic acid groups (broad SMARTS) is 1. The summed E-state index contributed by atoms with van der Waals surface area (Å²) in [5.41, 5.74) is 2.83. The van der Waals surface area contributed by atoms with Gasteiger partial charge in [-0.05, 0) is 63.1 Å². The van der Waals surface area contributed by atoms with Crippen LogP contribution in [-0.4, -0.2) is 69.6 Å². The van der Waals surface area contributed by atoms with Crippen LogP contribution < -0.4 is 4.74 Å². The van der Waals surface area contributed by atoms with Crippen molar-refractivity contribution in [2.45, 2.75) is 39.7 Å². The van der Waals surface area contributed by atoms with Crippen molar-refractivity contribution in [3.63, 3.8) is 0 Å². The summed E-state index contributed by atoms with van der Waals surface area (Å²) in [5.74, 6) is -1.14. The molecule has 3 aromatic carbocycles. The number of H-pyrrole nitrogens is 1. The average Bonchev–Trinajstić information content (AvgIpc) is 3.36. The molecule has 0 aliphatic carbocycles. The van der Waals surface area contributed by atoms with E-state index in [1.54, 1.807) is 59.3 Å². The van der Waals surface area contributed by atoms with Gasteiger partial charge in [0, 0.05) is 61.3 Å². The van der Waals surface area contributed by atoms with E-state index in [4.69, 9.17) is 9.47 Å². The molecule has 0 atom stereocenters. The van der Waals surface area contributed by atoms with Crippen LogP contribution in [0.15, 0.2) is 60.8 Å². The van der Waals surface area contributed by atoms with Crippen molar-refractivity contribution in [2.75, 3.05) is 26.2 Å². The number of rotatable bonds is 6. The predicted molar refractivity (Wildman–Crippen MR) is 159 cm³/mol. The summed E-state index contributed by atoms with van der Waals surface area (Å²) in [6.45, 7) is 8.51. The van der Waals surface area contributed by atoms with Crippen LogP contribution in [0.5, 0.6) is 11.5 Å². The molecule has 0 bridgehead atoms. The molecule has 43 heavy (non-hydrogen) atoms. The fourth-order valence-corrected chi connectivity index (χ4v) is 5.07. The maximum atomic E-state index is 14.2. The first kappa shape index (κ1) is 29.6. The molecule has 0 unspecified atom stereocenters. The number of aromatic nitrogens is 1. The lowest BCUT2D eigenvalue weighted by Crippen LogP contribution is -2.51. The van der Waals surface area contributed by atoms with Gasteiger partial charge in [-0.25, -0.2) is 14.0 Å². The Morgan fingerprint density at radius 1 is 0.953 bits per heavy atom. The first-order valence-corrected chi connectivity index (χ1v) is 14.1. The number of piperazine rings is 1. The van der Waals surface area contributed by atoms with Gasteiger partial charge in [0.1, 0.15) is 22.9 Å². The van der Waals surface area contributed by atoms with E-state index in [0.717, 1.165) is 10.9 Å². The second-order valence-electron chi connectivity index (χ2n) is 11.6. The maximum absolute atomic E-state index is 14.2. The summed E-state index contributed by atoms with van der Waals surface area (Å²) in [7, 11) is 0. The highest BCUT2D eigenvalue weighted by atomic mass is 19.1. The SMILES string of the molecule is Cc1ccc(F)cc1Oc1c(Cc2c[nH]c3cc(C(=O)O)ccc23)cccc1C(=O)N1CCN(C(=O)OC(C)(C)C)CC1. The van der Waals surface area contributed by atoms with Gasteiger partial charge in [0.25, 0.3) is 5.91 Å². The third kappa shape index (κ3) is 6.63. The lowest BCUT2D eigenvalue weighted by atomic mass is 9.99. The summed E-state index contributed by atoms with van der Waals surface area (Å²) in [4.78, 5) is 44.3. The van der Waals surface area contributed by atoms with E-state index in [1.165, 1.54) is 12.1 Å². The van der Waals surface area contributed by atoms with Crippen molar-refractivity contribution in [2.24, 2.45) is 0 Å². The van der Waals surface area contributed by atoms with E-state index in [2.05, 4.69) is 4.98 Å². The number of carboxylic acids is 1. The van der Waals surface area contributed by atoms with Gasteiger partial charge in [-0.3, -0.25) is 4.79 Å². The molecule has 224 valence electrons. The molecule has 0 spiro atoms. The Hall–Kier alpha value is -4.86. The minimum atomic E-state index is -1.02. The van der Waals surface area contributed by atoms with E-state index in [0.29, 0.717) is 66.3 Å². The number of amides is 2. The molecule has 2 heterocycles. The zero-order valence-electron chi connectivity index (χ0n) is 24.6. The summed E-state index contributed by atoms with van der Waals surface area (Å²) in [6.07, 6.45) is 1.75. The van der Waals surface area contributed by atoms with Gasteiger partial charge < -0.3 is 29.4 Å². The Kier molecular flexibility index (Phi) is 8.12. The number of fused-ring (bicyclic) bond motifs is 1. The number of ether oxygens (including phenoxy) is 2. The largest absolute Gasteiger partial charge is 0.478 e. The van der Waals surface area contributed by atoms with E-state index < -0.39 is 23.5 Å². The first-order valence-electron chi connectivity index (χ1n) is 14.1. The third-order valence-corrected chi connectivity index (χ3v) is 7.30. The van der Waals surface area contributed by atoms with Crippen molar-refractivity contribution >= 4 is 28.9 Å². The summed E-state index contributed by atoms with van der Waals surface area (Å²) in [6, 6.07) is 14.4. The Labute approximate surface area is 248 Å². The monoisotopic (exact) mass is 587 g/mol. The molecule has 10 heteroatoms. The highest BCUT2D eigenvalue weighted by Gasteiger charge is 2.30. The number of carbonyl (C=O) groups excluding carboxylic acids is 2. The normalized spacial score (nSPS) is 13.7. The number of aryl methyl sites for hydroxylation is 1. The molecule has 1 aromatic heterocycles. The lowest BCUT2D eigenvalue weighted by Gasteiger charge is -2.35. The van der Waals surface area contributed by atoms with Crippen LogP contribution in [0.2, 0.25) is 0 Å². The molecule has 1 aliphatic heterocycles. The van der Waals surface area contributed by atoms with Crippen LogP contribution in [0.25, 0.3) is 10.9 Å². The van der Waals surface area contributed by atoms with Crippen LogP contribution in [0.1, 0.15) is 58.2 Å². The van der Waals surface area contributed by atoms with Gasteiger partial charge in [0.15, 0.2) is 0 Å². The Morgan fingerprint density at radius 2 is 1.67 bits per heavy atom. The average molecular weight is 588 g/mol. The number of nitrogens with zero attached hydrogens (tertiary/aromatic N) is 2. The molecule has 4 aromatic rings. The summed E-state index contributed by atoms with van der Waals surface area (Å²) < 4.78 is 26.0. The second kappa shape index (κ2) is 11.8. The highest BCUT2D eigenvalue weighted by molar-refractivity contribution is 5.98. The maximum Gasteiger partial charge on any atom is 0.410 e. The molecular formula is C33H34FN3O6. The Balaban J connectivity index is 1.46. The topological polar surface area (TPSA) is 112 Å². The van der Waals surface area contributed by atoms with Crippen LogP contribution >= 0.6 is 0 Å². The Bertz CT molecular complexity index is 1700. The molecule has 1 saturated heterocycles. The van der Waals surface area contributed by atoms with Gasteiger partial charge in [-0.2, -0.15) is 0 Å². The van der Waals surface area contributed by atoms with Crippen molar-refractivity contribution in [1.29, 1.82) is 0 Å². The number of benzene rings is 3. The third-order valence-electron chi connectivity index (χ3n) is 7.30. The molecule has 9 nitrogen and oxygen atoms in total. The number of para-hydroxylation sites is 1. The van der Waals surface area contributed by atoms with Crippen molar-refractivity contribution in [3.8, 4) is 11.5 Å². The zero-order valence-corrected chi connectivity index (χ0v) is 24.6. The van der Waals surface area contributed by atoms with Crippen LogP contribution in [-0.2, 0) is 11.2 Å². The van der Waals surface area contributed by atoms with Gasteiger partial charge in [0.2, 0.25) is 0 Å². The van der Waals surface area contributed by atoms with Gasteiger partial charge in [-0.1, -0.05) is 24.3 Å². The molecule has 5 rings (SSSR count). The quantitative estimate of drug-likeness (QED) is 0.270. The van der Waals surface area contributed by atoms with Crippen molar-refractivity contribution < 1.29 is 33.4 Å². The Morgan fingerprint density at radius 3 is 2.37 bits per heavy atom. The van der Waals surface area contributed by atoms with Crippen LogP contribution in [0, 0.1) is 12.7 Å². The van der Waals surface area contributed by atoms with E-state index >= 15 is 0 Å². The highest BCUT2D eigenvalue weighted by Crippen LogP contribution is 2.35. The lowest BCUT2D eigenvalue weighted by molar-refractivity contribution is 0.0140. The standard InChI is InChI=1S/C33H34FN3O6/c1-20-8-10-24(34)18-28(20)42-29-21(16-23-19-35-27-17-22(31(39)40)9-11-25(23)27)6-5-7-26(29)30(38)36-12-14-37(15-13-36)32(41)43-33(2,3)4/h5-11,17-19,35H,12-16H2,1-4H3,(H,39,40).